The Bertz CT molecular complexity index is 962. The van der Waals surface area contributed by atoms with Crippen LogP contribution in [0.15, 0.2) is 84.9 Å². The Kier molecular flexibility index (Phi) is 4.61. The number of hydrogen-bond acceptors (Lipinski definition) is 3. The number of carbonyl (C=O) groups excluding carboxylic acids is 1. The molecule has 0 aromatic heterocycles. The number of hydrogen-bond donors (Lipinski definition) is 1. The molecule has 142 valence electrons. The summed E-state index contributed by atoms with van der Waals surface area (Å²) in [6.45, 7) is 0. The average molecular weight is 377 g/mol. The zero-order valence-electron chi connectivity index (χ0n) is 15.3. The summed E-state index contributed by atoms with van der Waals surface area (Å²) in [6.07, 6.45) is -1.57. The van der Waals surface area contributed by atoms with E-state index in [2.05, 4.69) is 0 Å². The monoisotopic (exact) mass is 377 g/mol. The molecule has 0 radical (unpaired) electrons. The number of aliphatic hydroxyl groups excluding tert-OH is 1. The van der Waals surface area contributed by atoms with Crippen LogP contribution in [-0.2, 0) is 4.79 Å². The first-order valence-electron chi connectivity index (χ1n) is 9.02. The summed E-state index contributed by atoms with van der Waals surface area (Å²) in [4.78, 5) is 14.4. The van der Waals surface area contributed by atoms with E-state index in [1.165, 1.54) is 4.90 Å². The van der Waals surface area contributed by atoms with Crippen molar-refractivity contribution >= 4 is 11.6 Å². The molecule has 1 unspecified atom stereocenters. The van der Waals surface area contributed by atoms with Crippen LogP contribution in [0, 0.1) is 0 Å². The highest BCUT2D eigenvalue weighted by molar-refractivity contribution is 6.09. The zero-order chi connectivity index (χ0) is 19.7. The van der Waals surface area contributed by atoms with Crippen LogP contribution in [0.3, 0.4) is 0 Å². The Balaban J connectivity index is 1.77. The third kappa shape index (κ3) is 2.75. The predicted octanol–water partition coefficient (Wildman–Crippen LogP) is 4.23. The number of alkyl halides is 1. The van der Waals surface area contributed by atoms with Crippen molar-refractivity contribution in [2.75, 3.05) is 12.0 Å². The van der Waals surface area contributed by atoms with Gasteiger partial charge in [0.25, 0.3) is 5.91 Å². The molecule has 4 nitrogen and oxygen atoms in total. The van der Waals surface area contributed by atoms with E-state index in [-0.39, 0.29) is 0 Å². The van der Waals surface area contributed by atoms with Crippen LogP contribution in [0.5, 0.6) is 5.75 Å². The molecule has 1 N–H and O–H groups in total. The van der Waals surface area contributed by atoms with Gasteiger partial charge in [0.1, 0.15) is 17.9 Å². The van der Waals surface area contributed by atoms with E-state index < -0.39 is 23.7 Å². The second-order valence-electron chi connectivity index (χ2n) is 6.77. The number of carbonyl (C=O) groups is 1. The zero-order valence-corrected chi connectivity index (χ0v) is 15.3. The number of anilines is 1. The number of amides is 1. The molecule has 1 fully saturated rings. The van der Waals surface area contributed by atoms with Gasteiger partial charge in [0.2, 0.25) is 5.67 Å². The number of nitrogens with zero attached hydrogens (tertiary/aromatic N) is 1. The summed E-state index contributed by atoms with van der Waals surface area (Å²) >= 11 is 0. The van der Waals surface area contributed by atoms with Crippen molar-refractivity contribution in [2.24, 2.45) is 0 Å². The maximum absolute atomic E-state index is 16.1. The van der Waals surface area contributed by atoms with Crippen molar-refractivity contribution in [3.63, 3.8) is 0 Å². The van der Waals surface area contributed by atoms with Crippen LogP contribution in [0.1, 0.15) is 23.3 Å². The van der Waals surface area contributed by atoms with Crippen molar-refractivity contribution in [1.82, 2.24) is 0 Å². The first-order chi connectivity index (χ1) is 13.6. The first kappa shape index (κ1) is 18.2. The van der Waals surface area contributed by atoms with Gasteiger partial charge in [-0.15, -0.1) is 0 Å². The Morgan fingerprint density at radius 2 is 1.54 bits per heavy atom. The highest BCUT2D eigenvalue weighted by Gasteiger charge is 2.67. The fraction of sp³-hybridized carbons (Fsp3) is 0.174. The molecule has 4 rings (SSSR count). The Morgan fingerprint density at radius 3 is 2.11 bits per heavy atom. The molecule has 0 spiro atoms. The SMILES string of the molecule is COc1ccc(N2C(=O)[C@@](F)(C(O)c3ccccc3)[C@@H]2c2ccccc2)cc1. The Morgan fingerprint density at radius 1 is 0.964 bits per heavy atom. The number of ether oxygens (including phenoxy) is 1. The summed E-state index contributed by atoms with van der Waals surface area (Å²) in [5.74, 6) is -0.119. The molecule has 3 aromatic rings. The van der Waals surface area contributed by atoms with Crippen LogP contribution in [0.2, 0.25) is 0 Å². The lowest BCUT2D eigenvalue weighted by Crippen LogP contribution is -2.69. The minimum Gasteiger partial charge on any atom is -0.497 e. The molecule has 0 aliphatic carbocycles. The minimum absolute atomic E-state index is 0.369. The van der Waals surface area contributed by atoms with Crippen LogP contribution in [0.4, 0.5) is 10.1 Å². The van der Waals surface area contributed by atoms with Crippen molar-refractivity contribution in [1.29, 1.82) is 0 Å². The molecule has 1 saturated heterocycles. The van der Waals surface area contributed by atoms with Crippen molar-refractivity contribution in [2.45, 2.75) is 17.8 Å². The van der Waals surface area contributed by atoms with E-state index in [4.69, 9.17) is 4.74 Å². The molecule has 0 saturated carbocycles. The van der Waals surface area contributed by atoms with Gasteiger partial charge < -0.3 is 9.84 Å². The normalized spacial score (nSPS) is 22.5. The van der Waals surface area contributed by atoms with Crippen molar-refractivity contribution < 1.29 is 19.0 Å². The van der Waals surface area contributed by atoms with E-state index in [0.29, 0.717) is 22.6 Å². The molecular formula is C23H20FNO3. The van der Waals surface area contributed by atoms with Gasteiger partial charge in [0.05, 0.1) is 7.11 Å². The van der Waals surface area contributed by atoms with Gasteiger partial charge in [-0.1, -0.05) is 60.7 Å². The van der Waals surface area contributed by atoms with E-state index in [0.717, 1.165) is 0 Å². The fourth-order valence-electron chi connectivity index (χ4n) is 3.72. The summed E-state index contributed by atoms with van der Waals surface area (Å²) in [5, 5.41) is 10.8. The van der Waals surface area contributed by atoms with Gasteiger partial charge in [0, 0.05) is 5.69 Å². The van der Waals surface area contributed by atoms with E-state index in [1.807, 2.05) is 6.07 Å². The molecule has 1 heterocycles. The summed E-state index contributed by atoms with van der Waals surface area (Å²) in [6, 6.07) is 23.3. The van der Waals surface area contributed by atoms with Gasteiger partial charge in [0.15, 0.2) is 0 Å². The van der Waals surface area contributed by atoms with E-state index in [9.17, 15) is 9.90 Å². The van der Waals surface area contributed by atoms with Gasteiger partial charge in [-0.25, -0.2) is 4.39 Å². The quantitative estimate of drug-likeness (QED) is 0.677. The maximum Gasteiger partial charge on any atom is 0.271 e. The van der Waals surface area contributed by atoms with E-state index in [1.54, 1.807) is 86.0 Å². The number of benzene rings is 3. The van der Waals surface area contributed by atoms with Gasteiger partial charge >= 0.3 is 0 Å². The summed E-state index contributed by atoms with van der Waals surface area (Å²) in [7, 11) is 1.55. The number of rotatable bonds is 5. The number of methoxy groups -OCH3 is 1. The molecule has 1 amide bonds. The van der Waals surface area contributed by atoms with Crippen molar-refractivity contribution in [3.05, 3.63) is 96.1 Å². The van der Waals surface area contributed by atoms with Crippen LogP contribution in [-0.4, -0.2) is 23.8 Å². The van der Waals surface area contributed by atoms with Gasteiger partial charge in [-0.05, 0) is 35.4 Å². The van der Waals surface area contributed by atoms with Crippen LogP contribution in [0.25, 0.3) is 0 Å². The highest BCUT2D eigenvalue weighted by atomic mass is 19.1. The summed E-state index contributed by atoms with van der Waals surface area (Å²) in [5.41, 5.74) is -0.917. The lowest BCUT2D eigenvalue weighted by Gasteiger charge is -2.53. The third-order valence-corrected chi connectivity index (χ3v) is 5.18. The largest absolute Gasteiger partial charge is 0.497 e. The number of β-lactam (4-membered cyclic amide) rings is 1. The first-order valence-corrected chi connectivity index (χ1v) is 9.02. The summed E-state index contributed by atoms with van der Waals surface area (Å²) < 4.78 is 21.3. The molecular weight excluding hydrogens is 357 g/mol. The van der Waals surface area contributed by atoms with E-state index >= 15 is 4.39 Å². The fourth-order valence-corrected chi connectivity index (χ4v) is 3.72. The predicted molar refractivity (Wildman–Crippen MR) is 105 cm³/mol. The van der Waals surface area contributed by atoms with Crippen LogP contribution >= 0.6 is 0 Å². The Hall–Kier alpha value is -3.18. The smallest absolute Gasteiger partial charge is 0.271 e. The topological polar surface area (TPSA) is 49.8 Å². The Labute approximate surface area is 162 Å². The lowest BCUT2D eigenvalue weighted by atomic mass is 9.73. The standard InChI is InChI=1S/C23H20FNO3/c1-28-19-14-12-18(13-15-19)25-20(16-8-4-2-5-9-16)23(24,22(25)27)21(26)17-10-6-3-7-11-17/h2-15,20-21,26H,1H3/t20-,21?,23-/m0/s1. The maximum atomic E-state index is 16.1. The highest BCUT2D eigenvalue weighted by Crippen LogP contribution is 2.54. The third-order valence-electron chi connectivity index (χ3n) is 5.18. The average Bonchev–Trinajstić information content (AvgIpc) is 2.77. The molecule has 1 aliphatic rings. The van der Waals surface area contributed by atoms with Gasteiger partial charge in [-0.2, -0.15) is 0 Å². The minimum atomic E-state index is -2.46. The van der Waals surface area contributed by atoms with Gasteiger partial charge in [-0.3, -0.25) is 9.69 Å². The molecule has 3 aromatic carbocycles. The molecule has 28 heavy (non-hydrogen) atoms. The van der Waals surface area contributed by atoms with Crippen LogP contribution < -0.4 is 9.64 Å². The lowest BCUT2D eigenvalue weighted by molar-refractivity contribution is -0.156. The molecule has 3 atom stereocenters. The second kappa shape index (κ2) is 7.09. The molecule has 0 bridgehead atoms. The van der Waals surface area contributed by atoms with Crippen molar-refractivity contribution in [3.8, 4) is 5.75 Å². The molecule has 1 aliphatic heterocycles. The molecule has 5 heteroatoms. The number of halogens is 1. The second-order valence-corrected chi connectivity index (χ2v) is 6.77. The number of aliphatic hydroxyl groups is 1.